The van der Waals surface area contributed by atoms with Crippen LogP contribution in [0.25, 0.3) is 0 Å². The van der Waals surface area contributed by atoms with Gasteiger partial charge in [-0.1, -0.05) is 11.6 Å². The van der Waals surface area contributed by atoms with Gasteiger partial charge in [0.05, 0.1) is 16.5 Å². The van der Waals surface area contributed by atoms with Gasteiger partial charge in [-0.05, 0) is 28.1 Å². The van der Waals surface area contributed by atoms with Gasteiger partial charge in [0.25, 0.3) is 0 Å². The molecule has 0 aromatic heterocycles. The summed E-state index contributed by atoms with van der Waals surface area (Å²) in [5.41, 5.74) is 0.340. The van der Waals surface area contributed by atoms with Crippen LogP contribution in [0.1, 0.15) is 6.42 Å². The fraction of sp³-hybridized carbons (Fsp3) is 0.364. The van der Waals surface area contributed by atoms with Gasteiger partial charge in [0.15, 0.2) is 0 Å². The Kier molecular flexibility index (Phi) is 4.63. The van der Waals surface area contributed by atoms with Crippen molar-refractivity contribution in [3.8, 4) is 0 Å². The Morgan fingerprint density at radius 3 is 2.65 bits per heavy atom. The summed E-state index contributed by atoms with van der Waals surface area (Å²) in [4.78, 5) is 13.3. The highest BCUT2D eigenvalue weighted by Gasteiger charge is 2.35. The lowest BCUT2D eigenvalue weighted by molar-refractivity contribution is -0.117. The van der Waals surface area contributed by atoms with Gasteiger partial charge in [-0.2, -0.15) is 0 Å². The van der Waals surface area contributed by atoms with Gasteiger partial charge in [0, 0.05) is 34.0 Å². The molecule has 1 saturated heterocycles. The molecule has 1 unspecified atom stereocenters. The summed E-state index contributed by atoms with van der Waals surface area (Å²) in [6.07, 6.45) is 0.0616. The molecular formula is C11H9BrCl2FNO3S. The molecule has 1 aromatic rings. The highest BCUT2D eigenvalue weighted by atomic mass is 79.9. The second-order valence-corrected chi connectivity index (χ2v) is 8.58. The van der Waals surface area contributed by atoms with E-state index in [1.807, 2.05) is 0 Å². The van der Waals surface area contributed by atoms with Crippen molar-refractivity contribution in [2.75, 3.05) is 17.2 Å². The Balaban J connectivity index is 2.29. The number of rotatable bonds is 3. The van der Waals surface area contributed by atoms with Crippen molar-refractivity contribution in [1.82, 2.24) is 0 Å². The first-order valence-corrected chi connectivity index (χ1v) is 9.19. The van der Waals surface area contributed by atoms with Crippen molar-refractivity contribution >= 4 is 58.9 Å². The van der Waals surface area contributed by atoms with Gasteiger partial charge in [-0.15, -0.1) is 0 Å². The number of halogens is 4. The van der Waals surface area contributed by atoms with E-state index >= 15 is 0 Å². The standard InChI is InChI=1S/C11H9BrCl2FNO3S/c12-8-2-7(15)3-9(13)11(8)16-4-6(1-10(16)17)5-20(14,18)19/h2-3,6H,1,4-5H2. The number of benzene rings is 1. The van der Waals surface area contributed by atoms with Crippen LogP contribution in [0, 0.1) is 11.7 Å². The number of hydrogen-bond donors (Lipinski definition) is 0. The van der Waals surface area contributed by atoms with Crippen molar-refractivity contribution in [3.05, 3.63) is 27.4 Å². The van der Waals surface area contributed by atoms with Crippen molar-refractivity contribution in [2.24, 2.45) is 5.92 Å². The SMILES string of the molecule is O=C1CC(CS(=O)(=O)Cl)CN1c1c(Cl)cc(F)cc1Br. The minimum Gasteiger partial charge on any atom is -0.310 e. The monoisotopic (exact) mass is 403 g/mol. The highest BCUT2D eigenvalue weighted by molar-refractivity contribution is 9.10. The Labute approximate surface area is 133 Å². The summed E-state index contributed by atoms with van der Waals surface area (Å²) < 4.78 is 35.6. The predicted molar refractivity (Wildman–Crippen MR) is 79.2 cm³/mol. The summed E-state index contributed by atoms with van der Waals surface area (Å²) in [6, 6.07) is 2.29. The minimum atomic E-state index is -3.67. The Hall–Kier alpha value is -0.370. The molecule has 20 heavy (non-hydrogen) atoms. The van der Waals surface area contributed by atoms with Gasteiger partial charge in [-0.3, -0.25) is 4.79 Å². The van der Waals surface area contributed by atoms with Crippen molar-refractivity contribution in [2.45, 2.75) is 6.42 Å². The summed E-state index contributed by atoms with van der Waals surface area (Å²) in [7, 11) is 1.52. The first-order valence-electron chi connectivity index (χ1n) is 5.54. The molecule has 1 atom stereocenters. The Morgan fingerprint density at radius 1 is 1.45 bits per heavy atom. The molecule has 2 rings (SSSR count). The number of carbonyl (C=O) groups is 1. The van der Waals surface area contributed by atoms with E-state index in [1.165, 1.54) is 11.0 Å². The molecule has 0 aliphatic carbocycles. The van der Waals surface area contributed by atoms with E-state index in [1.54, 1.807) is 0 Å². The molecule has 1 heterocycles. The predicted octanol–water partition coefficient (Wildman–Crippen LogP) is 3.16. The molecule has 9 heteroatoms. The Morgan fingerprint density at radius 2 is 2.10 bits per heavy atom. The van der Waals surface area contributed by atoms with Crippen molar-refractivity contribution in [3.63, 3.8) is 0 Å². The second-order valence-electron chi connectivity index (χ2n) is 4.50. The lowest BCUT2D eigenvalue weighted by Gasteiger charge is -2.19. The molecule has 1 aliphatic heterocycles. The lowest BCUT2D eigenvalue weighted by atomic mass is 10.1. The summed E-state index contributed by atoms with van der Waals surface area (Å²) in [6.45, 7) is 0.175. The maximum Gasteiger partial charge on any atom is 0.232 e. The molecule has 110 valence electrons. The first-order chi connectivity index (χ1) is 9.17. The summed E-state index contributed by atoms with van der Waals surface area (Å²) in [5, 5.41) is 0.0830. The molecule has 1 fully saturated rings. The van der Waals surface area contributed by atoms with Gasteiger partial charge < -0.3 is 4.90 Å². The van der Waals surface area contributed by atoms with Gasteiger partial charge in [-0.25, -0.2) is 12.8 Å². The number of carbonyl (C=O) groups excluding carboxylic acids is 1. The van der Waals surface area contributed by atoms with Crippen LogP contribution in [0.15, 0.2) is 16.6 Å². The third kappa shape index (κ3) is 3.63. The molecule has 4 nitrogen and oxygen atoms in total. The molecule has 0 saturated carbocycles. The molecule has 1 aliphatic rings. The third-order valence-corrected chi connectivity index (χ3v) is 5.03. The zero-order valence-electron chi connectivity index (χ0n) is 9.95. The molecule has 1 amide bonds. The number of amides is 1. The number of anilines is 1. The van der Waals surface area contributed by atoms with Crippen molar-refractivity contribution < 1.29 is 17.6 Å². The van der Waals surface area contributed by atoms with Crippen LogP contribution >= 0.6 is 38.2 Å². The van der Waals surface area contributed by atoms with Crippen LogP contribution in [0.3, 0.4) is 0 Å². The molecule has 0 radical (unpaired) electrons. The Bertz CT molecular complexity index is 645. The molecule has 1 aromatic carbocycles. The van der Waals surface area contributed by atoms with E-state index < -0.39 is 20.8 Å². The third-order valence-electron chi connectivity index (χ3n) is 2.89. The van der Waals surface area contributed by atoms with Crippen LogP contribution in [-0.2, 0) is 13.8 Å². The van der Waals surface area contributed by atoms with Crippen LogP contribution in [0.2, 0.25) is 5.02 Å². The van der Waals surface area contributed by atoms with Crippen LogP contribution in [-0.4, -0.2) is 26.6 Å². The van der Waals surface area contributed by atoms with Crippen LogP contribution < -0.4 is 4.90 Å². The van der Waals surface area contributed by atoms with Crippen LogP contribution in [0.5, 0.6) is 0 Å². The average molecular weight is 405 g/mol. The molecule has 0 bridgehead atoms. The van der Waals surface area contributed by atoms with Gasteiger partial charge in [0.1, 0.15) is 5.82 Å². The first kappa shape index (κ1) is 16.0. The smallest absolute Gasteiger partial charge is 0.232 e. The highest BCUT2D eigenvalue weighted by Crippen LogP contribution is 2.38. The zero-order valence-corrected chi connectivity index (χ0v) is 13.9. The molecule has 0 spiro atoms. The second kappa shape index (κ2) is 5.79. The maximum absolute atomic E-state index is 13.2. The zero-order chi connectivity index (χ0) is 15.1. The fourth-order valence-electron chi connectivity index (χ4n) is 2.18. The lowest BCUT2D eigenvalue weighted by Crippen LogP contribution is -2.26. The van der Waals surface area contributed by atoms with E-state index in [0.717, 1.165) is 6.07 Å². The van der Waals surface area contributed by atoms with Crippen LogP contribution in [0.4, 0.5) is 10.1 Å². The minimum absolute atomic E-state index is 0.0616. The van der Waals surface area contributed by atoms with E-state index in [9.17, 15) is 17.6 Å². The molecule has 0 N–H and O–H groups in total. The van der Waals surface area contributed by atoms with E-state index in [4.69, 9.17) is 22.3 Å². The van der Waals surface area contributed by atoms with E-state index in [-0.39, 0.29) is 29.6 Å². The topological polar surface area (TPSA) is 54.5 Å². The normalized spacial score (nSPS) is 19.7. The number of hydrogen-bond acceptors (Lipinski definition) is 3. The van der Waals surface area contributed by atoms with Gasteiger partial charge in [0.2, 0.25) is 15.0 Å². The van der Waals surface area contributed by atoms with E-state index in [0.29, 0.717) is 10.2 Å². The largest absolute Gasteiger partial charge is 0.310 e. The summed E-state index contributed by atoms with van der Waals surface area (Å²) in [5.74, 6) is -1.49. The maximum atomic E-state index is 13.2. The average Bonchev–Trinajstić information content (AvgIpc) is 2.55. The van der Waals surface area contributed by atoms with E-state index in [2.05, 4.69) is 15.9 Å². The van der Waals surface area contributed by atoms with Gasteiger partial charge >= 0.3 is 0 Å². The quantitative estimate of drug-likeness (QED) is 0.727. The molecular weight excluding hydrogens is 396 g/mol. The van der Waals surface area contributed by atoms with Crippen molar-refractivity contribution in [1.29, 1.82) is 0 Å². The summed E-state index contributed by atoms with van der Waals surface area (Å²) >= 11 is 9.11. The number of nitrogens with zero attached hydrogens (tertiary/aromatic N) is 1. The fourth-order valence-corrected chi connectivity index (χ4v) is 4.57.